The molecule has 1 fully saturated rings. The van der Waals surface area contributed by atoms with Crippen molar-refractivity contribution in [3.05, 3.63) is 35.9 Å². The van der Waals surface area contributed by atoms with E-state index < -0.39 is 10.0 Å². The van der Waals surface area contributed by atoms with Crippen LogP contribution in [0.15, 0.2) is 30.3 Å². The molecule has 1 aliphatic heterocycles. The fourth-order valence-corrected chi connectivity index (χ4v) is 4.89. The summed E-state index contributed by atoms with van der Waals surface area (Å²) in [6.07, 6.45) is 5.92. The van der Waals surface area contributed by atoms with E-state index in [1.807, 2.05) is 30.3 Å². The van der Waals surface area contributed by atoms with E-state index >= 15 is 0 Å². The second kappa shape index (κ2) is 10.7. The second-order valence-electron chi connectivity index (χ2n) is 7.08. The van der Waals surface area contributed by atoms with E-state index in [-0.39, 0.29) is 17.6 Å². The van der Waals surface area contributed by atoms with Crippen LogP contribution in [0.5, 0.6) is 0 Å². The smallest absolute Gasteiger partial charge is 0.223 e. The van der Waals surface area contributed by atoms with E-state index in [0.717, 1.165) is 32.2 Å². The number of hydrogen-bond acceptors (Lipinski definition) is 3. The quantitative estimate of drug-likeness (QED) is 0.635. The number of aryl methyl sites for hydroxylation is 1. The van der Waals surface area contributed by atoms with Gasteiger partial charge in [-0.1, -0.05) is 50.1 Å². The SMILES string of the molecule is CCCCCNC(=O)C1CCN(S(=O)(=O)CCCc2ccccc2)CC1. The van der Waals surface area contributed by atoms with Gasteiger partial charge in [0.25, 0.3) is 0 Å². The number of carbonyl (C=O) groups excluding carboxylic acids is 1. The Morgan fingerprint density at radius 3 is 2.46 bits per heavy atom. The third-order valence-corrected chi connectivity index (χ3v) is 6.96. The average molecular weight is 381 g/mol. The van der Waals surface area contributed by atoms with Crippen LogP contribution in [-0.4, -0.2) is 44.0 Å². The van der Waals surface area contributed by atoms with Gasteiger partial charge in [0.1, 0.15) is 0 Å². The van der Waals surface area contributed by atoms with E-state index in [9.17, 15) is 13.2 Å². The molecule has 146 valence electrons. The van der Waals surface area contributed by atoms with Crippen LogP contribution in [0.4, 0.5) is 0 Å². The molecule has 0 aliphatic carbocycles. The Morgan fingerprint density at radius 2 is 1.81 bits per heavy atom. The largest absolute Gasteiger partial charge is 0.356 e. The van der Waals surface area contributed by atoms with Crippen molar-refractivity contribution in [1.29, 1.82) is 0 Å². The van der Waals surface area contributed by atoms with E-state index in [2.05, 4.69) is 12.2 Å². The number of hydrogen-bond donors (Lipinski definition) is 1. The van der Waals surface area contributed by atoms with Crippen molar-refractivity contribution < 1.29 is 13.2 Å². The first kappa shape index (κ1) is 20.9. The van der Waals surface area contributed by atoms with Crippen LogP contribution in [0.25, 0.3) is 0 Å². The standard InChI is InChI=1S/C20H32N2O3S/c1-2-3-7-14-21-20(23)19-12-15-22(16-13-19)26(24,25)17-8-11-18-9-5-4-6-10-18/h4-6,9-10,19H,2-3,7-8,11-17H2,1H3,(H,21,23). The van der Waals surface area contributed by atoms with Crippen molar-refractivity contribution >= 4 is 15.9 Å². The maximum absolute atomic E-state index is 12.5. The van der Waals surface area contributed by atoms with Crippen molar-refractivity contribution in [3.8, 4) is 0 Å². The van der Waals surface area contributed by atoms with Crippen LogP contribution >= 0.6 is 0 Å². The summed E-state index contributed by atoms with van der Waals surface area (Å²) < 4.78 is 26.6. The topological polar surface area (TPSA) is 66.5 Å². The molecule has 6 heteroatoms. The molecule has 1 aliphatic rings. The Bertz CT molecular complexity index is 638. The van der Waals surface area contributed by atoms with Crippen molar-refractivity contribution in [2.75, 3.05) is 25.4 Å². The first-order valence-electron chi connectivity index (χ1n) is 9.82. The van der Waals surface area contributed by atoms with Gasteiger partial charge in [0, 0.05) is 25.6 Å². The van der Waals surface area contributed by atoms with Crippen LogP contribution in [-0.2, 0) is 21.2 Å². The molecule has 26 heavy (non-hydrogen) atoms. The first-order valence-corrected chi connectivity index (χ1v) is 11.4. The van der Waals surface area contributed by atoms with Gasteiger partial charge < -0.3 is 5.32 Å². The molecule has 0 radical (unpaired) electrons. The van der Waals surface area contributed by atoms with Gasteiger partial charge in [-0.25, -0.2) is 12.7 Å². The molecule has 1 amide bonds. The van der Waals surface area contributed by atoms with Gasteiger partial charge in [-0.3, -0.25) is 4.79 Å². The lowest BCUT2D eigenvalue weighted by Crippen LogP contribution is -2.43. The van der Waals surface area contributed by atoms with Crippen LogP contribution in [0.2, 0.25) is 0 Å². The number of sulfonamides is 1. The highest BCUT2D eigenvalue weighted by atomic mass is 32.2. The minimum absolute atomic E-state index is 0.0487. The van der Waals surface area contributed by atoms with Gasteiger partial charge in [0.05, 0.1) is 5.75 Å². The van der Waals surface area contributed by atoms with Gasteiger partial charge in [-0.05, 0) is 37.7 Å². The fraction of sp³-hybridized carbons (Fsp3) is 0.650. The molecule has 1 N–H and O–H groups in total. The predicted octanol–water partition coefficient (Wildman–Crippen LogP) is 2.97. The molecular weight excluding hydrogens is 348 g/mol. The van der Waals surface area contributed by atoms with Crippen molar-refractivity contribution in [1.82, 2.24) is 9.62 Å². The zero-order valence-electron chi connectivity index (χ0n) is 15.8. The van der Waals surface area contributed by atoms with Gasteiger partial charge in [0.15, 0.2) is 0 Å². The molecular formula is C20H32N2O3S. The number of carbonyl (C=O) groups is 1. The molecule has 0 saturated carbocycles. The number of nitrogens with zero attached hydrogens (tertiary/aromatic N) is 1. The Kier molecular flexibility index (Phi) is 8.59. The predicted molar refractivity (Wildman–Crippen MR) is 105 cm³/mol. The Hall–Kier alpha value is -1.40. The van der Waals surface area contributed by atoms with E-state index in [0.29, 0.717) is 32.4 Å². The minimum atomic E-state index is -3.23. The molecule has 0 aromatic heterocycles. The Balaban J connectivity index is 1.71. The number of rotatable bonds is 10. The summed E-state index contributed by atoms with van der Waals surface area (Å²) >= 11 is 0. The summed E-state index contributed by atoms with van der Waals surface area (Å²) in [6.45, 7) is 3.78. The highest BCUT2D eigenvalue weighted by Crippen LogP contribution is 2.20. The van der Waals surface area contributed by atoms with Gasteiger partial charge in [-0.2, -0.15) is 0 Å². The Morgan fingerprint density at radius 1 is 1.12 bits per heavy atom. The fourth-order valence-electron chi connectivity index (χ4n) is 3.36. The molecule has 0 unspecified atom stereocenters. The van der Waals surface area contributed by atoms with Crippen LogP contribution < -0.4 is 5.32 Å². The molecule has 1 saturated heterocycles. The summed E-state index contributed by atoms with van der Waals surface area (Å²) in [5, 5.41) is 2.99. The normalized spacial score (nSPS) is 16.5. The van der Waals surface area contributed by atoms with Crippen LogP contribution in [0, 0.1) is 5.92 Å². The highest BCUT2D eigenvalue weighted by Gasteiger charge is 2.30. The molecule has 1 heterocycles. The Labute approximate surface area is 158 Å². The number of nitrogens with one attached hydrogen (secondary N) is 1. The zero-order valence-corrected chi connectivity index (χ0v) is 16.6. The van der Waals surface area contributed by atoms with Crippen molar-refractivity contribution in [3.63, 3.8) is 0 Å². The molecule has 0 bridgehead atoms. The molecule has 1 aromatic carbocycles. The summed E-state index contributed by atoms with van der Waals surface area (Å²) in [7, 11) is -3.23. The third kappa shape index (κ3) is 6.72. The summed E-state index contributed by atoms with van der Waals surface area (Å²) in [4.78, 5) is 12.2. The zero-order chi connectivity index (χ0) is 18.8. The second-order valence-corrected chi connectivity index (χ2v) is 9.17. The molecule has 5 nitrogen and oxygen atoms in total. The van der Waals surface area contributed by atoms with Crippen LogP contribution in [0.3, 0.4) is 0 Å². The summed E-state index contributed by atoms with van der Waals surface area (Å²) in [5.74, 6) is 0.213. The van der Waals surface area contributed by atoms with Crippen LogP contribution in [0.1, 0.15) is 51.0 Å². The van der Waals surface area contributed by atoms with Crippen molar-refractivity contribution in [2.24, 2.45) is 5.92 Å². The average Bonchev–Trinajstić information content (AvgIpc) is 2.66. The number of amides is 1. The number of benzene rings is 1. The maximum atomic E-state index is 12.5. The summed E-state index contributed by atoms with van der Waals surface area (Å²) in [6, 6.07) is 9.96. The number of unbranched alkanes of at least 4 members (excludes halogenated alkanes) is 2. The maximum Gasteiger partial charge on any atom is 0.223 e. The molecule has 2 rings (SSSR count). The van der Waals surface area contributed by atoms with E-state index in [1.165, 1.54) is 5.56 Å². The third-order valence-electron chi connectivity index (χ3n) is 5.01. The first-order chi connectivity index (χ1) is 12.5. The lowest BCUT2D eigenvalue weighted by atomic mass is 9.97. The van der Waals surface area contributed by atoms with Gasteiger partial charge in [0.2, 0.25) is 15.9 Å². The highest BCUT2D eigenvalue weighted by molar-refractivity contribution is 7.89. The van der Waals surface area contributed by atoms with Gasteiger partial charge >= 0.3 is 0 Å². The van der Waals surface area contributed by atoms with Crippen molar-refractivity contribution in [2.45, 2.75) is 51.9 Å². The molecule has 0 atom stereocenters. The van der Waals surface area contributed by atoms with E-state index in [4.69, 9.17) is 0 Å². The van der Waals surface area contributed by atoms with Gasteiger partial charge in [-0.15, -0.1) is 0 Å². The summed E-state index contributed by atoms with van der Waals surface area (Å²) in [5.41, 5.74) is 1.17. The molecule has 0 spiro atoms. The monoisotopic (exact) mass is 380 g/mol. The number of piperidine rings is 1. The lowest BCUT2D eigenvalue weighted by molar-refractivity contribution is -0.126. The van der Waals surface area contributed by atoms with E-state index in [1.54, 1.807) is 4.31 Å². The lowest BCUT2D eigenvalue weighted by Gasteiger charge is -2.30. The molecule has 1 aromatic rings. The minimum Gasteiger partial charge on any atom is -0.356 e.